The molecule has 0 saturated carbocycles. The van der Waals surface area contributed by atoms with Gasteiger partial charge in [-0.15, -0.1) is 0 Å². The summed E-state index contributed by atoms with van der Waals surface area (Å²) in [6.45, 7) is 5.72. The molecular formula is C15H16F2O. The fraction of sp³-hybridized carbons (Fsp3) is 0.333. The lowest BCUT2D eigenvalue weighted by Gasteiger charge is -2.15. The number of hydrogen-bond acceptors (Lipinski definition) is 1. The average molecular weight is 250 g/mol. The second-order valence-electron chi connectivity index (χ2n) is 4.78. The van der Waals surface area contributed by atoms with E-state index in [-0.39, 0.29) is 17.1 Å². The summed E-state index contributed by atoms with van der Waals surface area (Å²) in [6.07, 6.45) is 0.493. The molecule has 0 heterocycles. The highest BCUT2D eigenvalue weighted by Gasteiger charge is 2.17. The molecule has 0 saturated heterocycles. The maximum Gasteiger partial charge on any atom is 0.134 e. The summed E-state index contributed by atoms with van der Waals surface area (Å²) in [5.41, 5.74) is 1.29. The number of benzene rings is 2. The molecule has 2 aromatic carbocycles. The Hall–Kier alpha value is -1.64. The van der Waals surface area contributed by atoms with E-state index in [9.17, 15) is 13.9 Å². The number of aromatic hydroxyl groups is 1. The lowest BCUT2D eigenvalue weighted by atomic mass is 9.91. The second-order valence-corrected chi connectivity index (χ2v) is 4.78. The Morgan fingerprint density at radius 3 is 2.33 bits per heavy atom. The first-order valence-electron chi connectivity index (χ1n) is 6.09. The fourth-order valence-corrected chi connectivity index (χ4v) is 2.37. The van der Waals surface area contributed by atoms with Crippen molar-refractivity contribution in [1.29, 1.82) is 0 Å². The van der Waals surface area contributed by atoms with Crippen LogP contribution in [0, 0.1) is 11.6 Å². The number of aryl methyl sites for hydroxylation is 1. The van der Waals surface area contributed by atoms with Gasteiger partial charge in [0.15, 0.2) is 0 Å². The van der Waals surface area contributed by atoms with Gasteiger partial charge in [0.2, 0.25) is 0 Å². The third-order valence-corrected chi connectivity index (χ3v) is 3.23. The van der Waals surface area contributed by atoms with Crippen LogP contribution in [-0.2, 0) is 6.42 Å². The minimum atomic E-state index is -0.627. The molecule has 1 nitrogen and oxygen atoms in total. The molecule has 2 rings (SSSR count). The predicted octanol–water partition coefficient (Wildman–Crippen LogP) is 4.51. The van der Waals surface area contributed by atoms with Crippen molar-refractivity contribution >= 4 is 10.8 Å². The first-order chi connectivity index (χ1) is 8.45. The Labute approximate surface area is 105 Å². The van der Waals surface area contributed by atoms with Gasteiger partial charge in [0.25, 0.3) is 0 Å². The fourth-order valence-electron chi connectivity index (χ4n) is 2.37. The molecule has 0 aliphatic heterocycles. The zero-order valence-corrected chi connectivity index (χ0v) is 10.7. The number of halogens is 2. The Balaban J connectivity index is 2.99. The summed E-state index contributed by atoms with van der Waals surface area (Å²) >= 11 is 0. The Morgan fingerprint density at radius 2 is 1.78 bits per heavy atom. The summed E-state index contributed by atoms with van der Waals surface area (Å²) in [7, 11) is 0. The molecule has 0 aromatic heterocycles. The lowest BCUT2D eigenvalue weighted by molar-refractivity contribution is 0.474. The smallest absolute Gasteiger partial charge is 0.134 e. The summed E-state index contributed by atoms with van der Waals surface area (Å²) < 4.78 is 27.7. The molecule has 0 radical (unpaired) electrons. The minimum absolute atomic E-state index is 0.0127. The van der Waals surface area contributed by atoms with Crippen LogP contribution in [0.25, 0.3) is 10.8 Å². The summed E-state index contributed by atoms with van der Waals surface area (Å²) in [5, 5.41) is 10.5. The molecular weight excluding hydrogens is 234 g/mol. The van der Waals surface area contributed by atoms with Crippen molar-refractivity contribution in [2.45, 2.75) is 33.1 Å². The van der Waals surface area contributed by atoms with E-state index in [0.717, 1.165) is 11.6 Å². The number of phenolic OH excluding ortho intramolecular Hbond substituents is 1. The van der Waals surface area contributed by atoms with Crippen LogP contribution in [0.2, 0.25) is 0 Å². The molecule has 1 N–H and O–H groups in total. The Morgan fingerprint density at radius 1 is 1.11 bits per heavy atom. The maximum absolute atomic E-state index is 13.8. The van der Waals surface area contributed by atoms with Gasteiger partial charge in [-0.3, -0.25) is 0 Å². The van der Waals surface area contributed by atoms with Crippen molar-refractivity contribution in [3.05, 3.63) is 41.0 Å². The van der Waals surface area contributed by atoms with E-state index < -0.39 is 11.6 Å². The van der Waals surface area contributed by atoms with Gasteiger partial charge in [-0.1, -0.05) is 20.8 Å². The molecule has 0 aliphatic rings. The van der Waals surface area contributed by atoms with Crippen LogP contribution in [0.4, 0.5) is 8.78 Å². The van der Waals surface area contributed by atoms with Crippen molar-refractivity contribution in [2.75, 3.05) is 0 Å². The normalized spacial score (nSPS) is 11.4. The largest absolute Gasteiger partial charge is 0.508 e. The first kappa shape index (κ1) is 12.8. The summed E-state index contributed by atoms with van der Waals surface area (Å²) in [5.74, 6) is -1.04. The predicted molar refractivity (Wildman–Crippen MR) is 69.0 cm³/mol. The number of rotatable bonds is 2. The average Bonchev–Trinajstić information content (AvgIpc) is 2.29. The van der Waals surface area contributed by atoms with Gasteiger partial charge in [-0.2, -0.15) is 0 Å². The van der Waals surface area contributed by atoms with E-state index in [4.69, 9.17) is 0 Å². The van der Waals surface area contributed by atoms with Gasteiger partial charge in [0.1, 0.15) is 17.4 Å². The summed E-state index contributed by atoms with van der Waals surface area (Å²) in [6, 6.07) is 3.84. The molecule has 0 unspecified atom stereocenters. The van der Waals surface area contributed by atoms with Gasteiger partial charge in [-0.05, 0) is 41.0 Å². The molecule has 0 spiro atoms. The van der Waals surface area contributed by atoms with E-state index in [0.29, 0.717) is 17.4 Å². The van der Waals surface area contributed by atoms with Gasteiger partial charge in [0, 0.05) is 11.5 Å². The van der Waals surface area contributed by atoms with Gasteiger partial charge >= 0.3 is 0 Å². The van der Waals surface area contributed by atoms with Crippen LogP contribution in [0.3, 0.4) is 0 Å². The second kappa shape index (κ2) is 4.56. The highest BCUT2D eigenvalue weighted by Crippen LogP contribution is 2.35. The van der Waals surface area contributed by atoms with Crippen LogP contribution in [0.15, 0.2) is 18.2 Å². The third kappa shape index (κ3) is 1.94. The zero-order valence-electron chi connectivity index (χ0n) is 10.7. The number of hydrogen-bond donors (Lipinski definition) is 1. The molecule has 18 heavy (non-hydrogen) atoms. The van der Waals surface area contributed by atoms with Crippen LogP contribution >= 0.6 is 0 Å². The van der Waals surface area contributed by atoms with Crippen molar-refractivity contribution in [1.82, 2.24) is 0 Å². The van der Waals surface area contributed by atoms with Gasteiger partial charge in [-0.25, -0.2) is 8.78 Å². The Bertz CT molecular complexity index is 603. The SMILES string of the molecule is CCc1c(F)cc(F)c2cc(O)cc(C(C)C)c12. The van der Waals surface area contributed by atoms with Crippen LogP contribution in [-0.4, -0.2) is 5.11 Å². The van der Waals surface area contributed by atoms with Crippen molar-refractivity contribution < 1.29 is 13.9 Å². The molecule has 0 atom stereocenters. The molecule has 0 fully saturated rings. The number of fused-ring (bicyclic) bond motifs is 1. The maximum atomic E-state index is 13.8. The molecule has 96 valence electrons. The van der Waals surface area contributed by atoms with E-state index in [2.05, 4.69) is 0 Å². The first-order valence-corrected chi connectivity index (χ1v) is 6.09. The van der Waals surface area contributed by atoms with E-state index >= 15 is 0 Å². The topological polar surface area (TPSA) is 20.2 Å². The van der Waals surface area contributed by atoms with Crippen molar-refractivity contribution in [2.24, 2.45) is 0 Å². The number of phenols is 1. The zero-order chi connectivity index (χ0) is 13.4. The third-order valence-electron chi connectivity index (χ3n) is 3.23. The van der Waals surface area contributed by atoms with Gasteiger partial charge in [0.05, 0.1) is 0 Å². The standard InChI is InChI=1S/C15H16F2O/c1-4-10-13(16)7-14(17)12-6-9(18)5-11(8(2)3)15(10)12/h5-8,18H,4H2,1-3H3. The van der Waals surface area contributed by atoms with E-state index in [1.807, 2.05) is 20.8 Å². The highest BCUT2D eigenvalue weighted by atomic mass is 19.1. The molecule has 0 aliphatic carbocycles. The van der Waals surface area contributed by atoms with Crippen molar-refractivity contribution in [3.8, 4) is 5.75 Å². The van der Waals surface area contributed by atoms with Crippen LogP contribution in [0.5, 0.6) is 5.75 Å². The molecule has 0 amide bonds. The molecule has 0 bridgehead atoms. The van der Waals surface area contributed by atoms with Gasteiger partial charge < -0.3 is 5.11 Å². The Kier molecular flexibility index (Phi) is 3.24. The quantitative estimate of drug-likeness (QED) is 0.831. The molecule has 3 heteroatoms. The van der Waals surface area contributed by atoms with Crippen molar-refractivity contribution in [3.63, 3.8) is 0 Å². The van der Waals surface area contributed by atoms with E-state index in [1.54, 1.807) is 6.07 Å². The van der Waals surface area contributed by atoms with Crippen LogP contribution < -0.4 is 0 Å². The monoisotopic (exact) mass is 250 g/mol. The molecule has 2 aromatic rings. The highest BCUT2D eigenvalue weighted by molar-refractivity contribution is 5.91. The van der Waals surface area contributed by atoms with Crippen LogP contribution in [0.1, 0.15) is 37.8 Å². The minimum Gasteiger partial charge on any atom is -0.508 e. The summed E-state index contributed by atoms with van der Waals surface area (Å²) in [4.78, 5) is 0. The lowest BCUT2D eigenvalue weighted by Crippen LogP contribution is -1.99. The van der Waals surface area contributed by atoms with E-state index in [1.165, 1.54) is 6.07 Å².